The van der Waals surface area contributed by atoms with E-state index in [4.69, 9.17) is 4.98 Å². The Morgan fingerprint density at radius 1 is 1.08 bits per heavy atom. The molecule has 26 heavy (non-hydrogen) atoms. The molecule has 2 aliphatic rings. The van der Waals surface area contributed by atoms with Crippen molar-refractivity contribution in [2.24, 2.45) is 0 Å². The van der Waals surface area contributed by atoms with Gasteiger partial charge in [0.05, 0.1) is 22.6 Å². The summed E-state index contributed by atoms with van der Waals surface area (Å²) < 4.78 is 0. The summed E-state index contributed by atoms with van der Waals surface area (Å²) >= 11 is 0. The van der Waals surface area contributed by atoms with Crippen molar-refractivity contribution in [3.05, 3.63) is 57.8 Å². The summed E-state index contributed by atoms with van der Waals surface area (Å²) in [4.78, 5) is 22.4. The van der Waals surface area contributed by atoms with Crippen LogP contribution in [-0.2, 0) is 12.8 Å². The quantitative estimate of drug-likeness (QED) is 0.771. The van der Waals surface area contributed by atoms with Crippen LogP contribution in [0.25, 0.3) is 10.9 Å². The Bertz CT molecular complexity index is 1030. The van der Waals surface area contributed by atoms with Gasteiger partial charge in [-0.3, -0.25) is 4.79 Å². The fourth-order valence-corrected chi connectivity index (χ4v) is 4.21. The van der Waals surface area contributed by atoms with E-state index in [1.807, 2.05) is 24.3 Å². The summed E-state index contributed by atoms with van der Waals surface area (Å²) in [7, 11) is 0. The number of para-hydroxylation sites is 1. The molecule has 1 N–H and O–H groups in total. The number of aromatic nitrogens is 4. The lowest BCUT2D eigenvalue weighted by molar-refractivity contribution is 0.634. The molecule has 0 saturated carbocycles. The second-order valence-corrected chi connectivity index (χ2v) is 7.20. The standard InChI is InChI=1S/C20H21N5O/c26-20-14-7-2-4-9-16(14)21-19(22-20)17-10-5-11-25(17)18-12-13-6-1-3-8-15(13)23-24-18/h2,4,7,9,12,17H,1,3,5-6,8,10-11H2,(H,21,22,26). The van der Waals surface area contributed by atoms with Crippen LogP contribution < -0.4 is 10.5 Å². The van der Waals surface area contributed by atoms with Gasteiger partial charge in [-0.2, -0.15) is 5.10 Å². The molecule has 1 aliphatic carbocycles. The molecule has 0 amide bonds. The molecular formula is C20H21N5O. The highest BCUT2D eigenvalue weighted by Crippen LogP contribution is 2.34. The molecule has 1 unspecified atom stereocenters. The van der Waals surface area contributed by atoms with Crippen molar-refractivity contribution in [2.45, 2.75) is 44.6 Å². The third-order valence-electron chi connectivity index (χ3n) is 5.55. The predicted molar refractivity (Wildman–Crippen MR) is 100 cm³/mol. The molecule has 3 aromatic rings. The van der Waals surface area contributed by atoms with Crippen LogP contribution in [0.4, 0.5) is 5.82 Å². The first-order valence-corrected chi connectivity index (χ1v) is 9.41. The van der Waals surface area contributed by atoms with Crippen LogP contribution in [0.3, 0.4) is 0 Å². The largest absolute Gasteiger partial charge is 0.345 e. The van der Waals surface area contributed by atoms with Crippen LogP contribution in [-0.4, -0.2) is 26.7 Å². The average Bonchev–Trinajstić information content (AvgIpc) is 3.17. The van der Waals surface area contributed by atoms with Crippen LogP contribution in [0, 0.1) is 0 Å². The SMILES string of the molecule is O=c1[nH]c(C2CCCN2c2cc3c(nn2)CCCC3)nc2ccccc12. The molecule has 0 spiro atoms. The zero-order valence-electron chi connectivity index (χ0n) is 14.6. The van der Waals surface area contributed by atoms with Gasteiger partial charge in [-0.25, -0.2) is 4.98 Å². The number of nitrogens with one attached hydrogen (secondary N) is 1. The monoisotopic (exact) mass is 347 g/mol. The smallest absolute Gasteiger partial charge is 0.258 e. The molecule has 0 radical (unpaired) electrons. The van der Waals surface area contributed by atoms with Crippen molar-refractivity contribution in [3.8, 4) is 0 Å². The maximum atomic E-state index is 12.4. The number of hydrogen-bond donors (Lipinski definition) is 1. The van der Waals surface area contributed by atoms with Crippen molar-refractivity contribution >= 4 is 16.7 Å². The lowest BCUT2D eigenvalue weighted by atomic mass is 9.97. The number of hydrogen-bond acceptors (Lipinski definition) is 5. The zero-order valence-corrected chi connectivity index (χ0v) is 14.6. The van der Waals surface area contributed by atoms with E-state index in [9.17, 15) is 4.79 Å². The van der Waals surface area contributed by atoms with E-state index in [0.717, 1.165) is 55.1 Å². The molecule has 132 valence electrons. The number of fused-ring (bicyclic) bond motifs is 2. The summed E-state index contributed by atoms with van der Waals surface area (Å²) in [6.45, 7) is 0.911. The van der Waals surface area contributed by atoms with Crippen molar-refractivity contribution in [2.75, 3.05) is 11.4 Å². The van der Waals surface area contributed by atoms with Gasteiger partial charge in [0, 0.05) is 6.54 Å². The summed E-state index contributed by atoms with van der Waals surface area (Å²) in [5, 5.41) is 9.60. The summed E-state index contributed by atoms with van der Waals surface area (Å²) in [6.07, 6.45) is 6.56. The van der Waals surface area contributed by atoms with Crippen molar-refractivity contribution in [1.29, 1.82) is 0 Å². The maximum Gasteiger partial charge on any atom is 0.258 e. The number of aryl methyl sites for hydroxylation is 2. The first-order valence-electron chi connectivity index (χ1n) is 9.41. The first-order chi connectivity index (χ1) is 12.8. The summed E-state index contributed by atoms with van der Waals surface area (Å²) in [6, 6.07) is 9.73. The van der Waals surface area contributed by atoms with Gasteiger partial charge in [0.1, 0.15) is 5.82 Å². The Labute approximate surface area is 151 Å². The van der Waals surface area contributed by atoms with Gasteiger partial charge in [0.15, 0.2) is 5.82 Å². The topological polar surface area (TPSA) is 74.8 Å². The number of anilines is 1. The highest BCUT2D eigenvalue weighted by Gasteiger charge is 2.30. The molecule has 0 bridgehead atoms. The molecule has 3 heterocycles. The van der Waals surface area contributed by atoms with E-state index >= 15 is 0 Å². The van der Waals surface area contributed by atoms with Crippen LogP contribution in [0.1, 0.15) is 48.8 Å². The second kappa shape index (κ2) is 6.20. The summed E-state index contributed by atoms with van der Waals surface area (Å²) in [5.41, 5.74) is 3.14. The van der Waals surface area contributed by atoms with Crippen molar-refractivity contribution < 1.29 is 0 Å². The third kappa shape index (κ3) is 2.57. The Morgan fingerprint density at radius 2 is 1.96 bits per heavy atom. The van der Waals surface area contributed by atoms with Gasteiger partial charge in [0.25, 0.3) is 5.56 Å². The molecule has 1 atom stereocenters. The molecule has 2 aromatic heterocycles. The van der Waals surface area contributed by atoms with E-state index in [2.05, 4.69) is 26.1 Å². The Morgan fingerprint density at radius 3 is 2.92 bits per heavy atom. The molecule has 1 fully saturated rings. The van der Waals surface area contributed by atoms with E-state index in [0.29, 0.717) is 5.39 Å². The van der Waals surface area contributed by atoms with Crippen LogP contribution >= 0.6 is 0 Å². The maximum absolute atomic E-state index is 12.4. The highest BCUT2D eigenvalue weighted by atomic mass is 16.1. The molecule has 5 rings (SSSR count). The van der Waals surface area contributed by atoms with Gasteiger partial charge in [0.2, 0.25) is 0 Å². The molecule has 6 nitrogen and oxygen atoms in total. The number of rotatable bonds is 2. The highest BCUT2D eigenvalue weighted by molar-refractivity contribution is 5.77. The molecule has 1 aliphatic heterocycles. The minimum Gasteiger partial charge on any atom is -0.345 e. The van der Waals surface area contributed by atoms with E-state index < -0.39 is 0 Å². The number of nitrogens with zero attached hydrogens (tertiary/aromatic N) is 4. The molecular weight excluding hydrogens is 326 g/mol. The Balaban J connectivity index is 1.54. The minimum atomic E-state index is -0.0750. The van der Waals surface area contributed by atoms with E-state index in [-0.39, 0.29) is 11.6 Å². The summed E-state index contributed by atoms with van der Waals surface area (Å²) in [5.74, 6) is 1.63. The third-order valence-corrected chi connectivity index (χ3v) is 5.55. The normalized spacial score (nSPS) is 19.7. The van der Waals surface area contributed by atoms with Crippen LogP contribution in [0.15, 0.2) is 35.1 Å². The zero-order chi connectivity index (χ0) is 17.5. The average molecular weight is 347 g/mol. The minimum absolute atomic E-state index is 0.0447. The van der Waals surface area contributed by atoms with Gasteiger partial charge in [-0.1, -0.05) is 12.1 Å². The van der Waals surface area contributed by atoms with E-state index in [1.165, 1.54) is 18.4 Å². The van der Waals surface area contributed by atoms with Crippen LogP contribution in [0.2, 0.25) is 0 Å². The number of H-pyrrole nitrogens is 1. The van der Waals surface area contributed by atoms with Gasteiger partial charge in [-0.15, -0.1) is 5.10 Å². The van der Waals surface area contributed by atoms with Crippen molar-refractivity contribution in [3.63, 3.8) is 0 Å². The van der Waals surface area contributed by atoms with Gasteiger partial charge >= 0.3 is 0 Å². The molecule has 1 aromatic carbocycles. The Hall–Kier alpha value is -2.76. The molecule has 6 heteroatoms. The lowest BCUT2D eigenvalue weighted by Gasteiger charge is -2.26. The van der Waals surface area contributed by atoms with Crippen molar-refractivity contribution in [1.82, 2.24) is 20.2 Å². The Kier molecular flexibility index (Phi) is 3.69. The first kappa shape index (κ1) is 15.5. The lowest BCUT2D eigenvalue weighted by Crippen LogP contribution is -2.28. The number of benzene rings is 1. The molecule has 1 saturated heterocycles. The number of aromatic amines is 1. The van der Waals surface area contributed by atoms with Gasteiger partial charge < -0.3 is 9.88 Å². The fraction of sp³-hybridized carbons (Fsp3) is 0.400. The fourth-order valence-electron chi connectivity index (χ4n) is 4.21. The van der Waals surface area contributed by atoms with Crippen LogP contribution in [0.5, 0.6) is 0 Å². The predicted octanol–water partition coefficient (Wildman–Crippen LogP) is 2.93. The van der Waals surface area contributed by atoms with E-state index in [1.54, 1.807) is 0 Å². The second-order valence-electron chi connectivity index (χ2n) is 7.20. The van der Waals surface area contributed by atoms with Gasteiger partial charge in [-0.05, 0) is 62.3 Å².